The van der Waals surface area contributed by atoms with Crippen LogP contribution >= 0.6 is 27.5 Å². The Balaban J connectivity index is 2.04. The smallest absolute Gasteiger partial charge is 0.338 e. The van der Waals surface area contributed by atoms with Crippen molar-refractivity contribution in [3.8, 4) is 0 Å². The summed E-state index contributed by atoms with van der Waals surface area (Å²) in [6.07, 6.45) is 1.39. The minimum Gasteiger partial charge on any atom is -0.478 e. The summed E-state index contributed by atoms with van der Waals surface area (Å²) in [5.41, 5.74) is 0.860. The molecule has 3 aromatic rings. The van der Waals surface area contributed by atoms with Gasteiger partial charge in [0.25, 0.3) is 5.91 Å². The molecule has 3 rings (SSSR count). The van der Waals surface area contributed by atoms with E-state index in [0.717, 1.165) is 4.47 Å². The molecule has 2 heterocycles. The number of benzene rings is 1. The Morgan fingerprint density at radius 3 is 2.70 bits per heavy atom. The molecule has 0 aliphatic heterocycles. The molecule has 0 fully saturated rings. The standard InChI is InChI=1S/C15H9BrClN3O3/c16-7-1-3-9-10(5-7)20-13(12(9)15(22)23)14(21)19-8-2-4-11(17)18-6-8/h1-6,20H,(H,19,21)(H,22,23). The van der Waals surface area contributed by atoms with E-state index in [4.69, 9.17) is 11.6 Å². The molecule has 3 N–H and O–H groups in total. The molecule has 0 saturated heterocycles. The van der Waals surface area contributed by atoms with E-state index in [0.29, 0.717) is 21.7 Å². The number of hydrogen-bond acceptors (Lipinski definition) is 3. The molecule has 0 saturated carbocycles. The van der Waals surface area contributed by atoms with Gasteiger partial charge in [-0.2, -0.15) is 0 Å². The lowest BCUT2D eigenvalue weighted by Crippen LogP contribution is -2.16. The van der Waals surface area contributed by atoms with E-state index in [9.17, 15) is 14.7 Å². The molecule has 0 aliphatic carbocycles. The molecule has 1 aromatic carbocycles. The Bertz CT molecular complexity index is 922. The lowest BCUT2D eigenvalue weighted by atomic mass is 10.1. The van der Waals surface area contributed by atoms with Gasteiger partial charge in [-0.15, -0.1) is 0 Å². The van der Waals surface area contributed by atoms with Gasteiger partial charge < -0.3 is 15.4 Å². The number of amides is 1. The number of nitrogens with zero attached hydrogens (tertiary/aromatic N) is 1. The monoisotopic (exact) mass is 393 g/mol. The Labute approximate surface area is 143 Å². The number of pyridine rings is 1. The van der Waals surface area contributed by atoms with Crippen molar-refractivity contribution >= 4 is 56.0 Å². The highest BCUT2D eigenvalue weighted by Gasteiger charge is 2.23. The van der Waals surface area contributed by atoms with Crippen LogP contribution in [0.4, 0.5) is 5.69 Å². The maximum absolute atomic E-state index is 12.4. The van der Waals surface area contributed by atoms with E-state index >= 15 is 0 Å². The van der Waals surface area contributed by atoms with Crippen LogP contribution < -0.4 is 5.32 Å². The number of fused-ring (bicyclic) bond motifs is 1. The first-order chi connectivity index (χ1) is 11.0. The average Bonchev–Trinajstić information content (AvgIpc) is 2.88. The zero-order valence-electron chi connectivity index (χ0n) is 11.4. The van der Waals surface area contributed by atoms with Gasteiger partial charge in [0, 0.05) is 15.4 Å². The van der Waals surface area contributed by atoms with Gasteiger partial charge in [-0.1, -0.05) is 33.6 Å². The second kappa shape index (κ2) is 6.02. The molecule has 1 amide bonds. The quantitative estimate of drug-likeness (QED) is 0.587. The van der Waals surface area contributed by atoms with Crippen LogP contribution in [0, 0.1) is 0 Å². The number of anilines is 1. The summed E-state index contributed by atoms with van der Waals surface area (Å²) in [5.74, 6) is -1.75. The Morgan fingerprint density at radius 1 is 1.26 bits per heavy atom. The summed E-state index contributed by atoms with van der Waals surface area (Å²) < 4.78 is 0.775. The summed E-state index contributed by atoms with van der Waals surface area (Å²) in [5, 5.41) is 12.8. The first kappa shape index (κ1) is 15.5. The normalized spacial score (nSPS) is 10.7. The van der Waals surface area contributed by atoms with Gasteiger partial charge in [0.15, 0.2) is 0 Å². The first-order valence-electron chi connectivity index (χ1n) is 6.43. The Kier molecular flexibility index (Phi) is 4.06. The molecule has 2 aromatic heterocycles. The molecule has 0 unspecified atom stereocenters. The van der Waals surface area contributed by atoms with E-state index in [1.54, 1.807) is 24.3 Å². The van der Waals surface area contributed by atoms with Gasteiger partial charge in [0.2, 0.25) is 0 Å². The molecule has 0 spiro atoms. The molecule has 0 bridgehead atoms. The number of carbonyl (C=O) groups is 2. The topological polar surface area (TPSA) is 95.1 Å². The highest BCUT2D eigenvalue weighted by atomic mass is 79.9. The number of hydrogen-bond donors (Lipinski definition) is 3. The van der Waals surface area contributed by atoms with Crippen LogP contribution in [0.2, 0.25) is 5.15 Å². The number of aromatic amines is 1. The van der Waals surface area contributed by atoms with Crippen LogP contribution in [-0.4, -0.2) is 27.0 Å². The predicted molar refractivity (Wildman–Crippen MR) is 90.2 cm³/mol. The molecule has 116 valence electrons. The highest BCUT2D eigenvalue weighted by molar-refractivity contribution is 9.10. The number of carboxylic acid groups (broad SMARTS) is 1. The third kappa shape index (κ3) is 3.06. The van der Waals surface area contributed by atoms with Crippen molar-refractivity contribution in [2.75, 3.05) is 5.32 Å². The fourth-order valence-electron chi connectivity index (χ4n) is 2.21. The number of aromatic carboxylic acids is 1. The third-order valence-electron chi connectivity index (χ3n) is 3.19. The van der Waals surface area contributed by atoms with Crippen molar-refractivity contribution in [2.45, 2.75) is 0 Å². The van der Waals surface area contributed by atoms with Crippen molar-refractivity contribution in [1.82, 2.24) is 9.97 Å². The molecule has 23 heavy (non-hydrogen) atoms. The maximum Gasteiger partial charge on any atom is 0.338 e. The van der Waals surface area contributed by atoms with Crippen LogP contribution in [0.5, 0.6) is 0 Å². The maximum atomic E-state index is 12.4. The summed E-state index contributed by atoms with van der Waals surface area (Å²) in [6, 6.07) is 8.17. The van der Waals surface area contributed by atoms with Gasteiger partial charge in [0.05, 0.1) is 17.4 Å². The lowest BCUT2D eigenvalue weighted by Gasteiger charge is -2.04. The van der Waals surface area contributed by atoms with Crippen molar-refractivity contribution < 1.29 is 14.7 Å². The number of carboxylic acids is 1. The summed E-state index contributed by atoms with van der Waals surface area (Å²) >= 11 is 9.00. The average molecular weight is 395 g/mol. The van der Waals surface area contributed by atoms with Crippen LogP contribution in [0.3, 0.4) is 0 Å². The number of nitrogens with one attached hydrogen (secondary N) is 2. The van der Waals surface area contributed by atoms with Gasteiger partial charge >= 0.3 is 5.97 Å². The minimum absolute atomic E-state index is 0.0273. The highest BCUT2D eigenvalue weighted by Crippen LogP contribution is 2.26. The number of aromatic nitrogens is 2. The first-order valence-corrected chi connectivity index (χ1v) is 7.60. The second-order valence-electron chi connectivity index (χ2n) is 4.69. The number of H-pyrrole nitrogens is 1. The summed E-state index contributed by atoms with van der Waals surface area (Å²) in [7, 11) is 0. The summed E-state index contributed by atoms with van der Waals surface area (Å²) in [4.78, 5) is 30.6. The van der Waals surface area contributed by atoms with E-state index in [2.05, 4.69) is 31.2 Å². The molecule has 0 radical (unpaired) electrons. The molecule has 8 heteroatoms. The Morgan fingerprint density at radius 2 is 2.04 bits per heavy atom. The van der Waals surface area contributed by atoms with Gasteiger partial charge in [-0.25, -0.2) is 9.78 Å². The zero-order chi connectivity index (χ0) is 16.6. The molecule has 6 nitrogen and oxygen atoms in total. The predicted octanol–water partition coefficient (Wildman–Crippen LogP) is 3.93. The molecule has 0 atom stereocenters. The van der Waals surface area contributed by atoms with Crippen LogP contribution in [0.1, 0.15) is 20.8 Å². The summed E-state index contributed by atoms with van der Waals surface area (Å²) in [6.45, 7) is 0. The van der Waals surface area contributed by atoms with E-state index in [1.807, 2.05) is 0 Å². The van der Waals surface area contributed by atoms with Crippen LogP contribution in [-0.2, 0) is 0 Å². The van der Waals surface area contributed by atoms with E-state index in [-0.39, 0.29) is 11.3 Å². The van der Waals surface area contributed by atoms with Crippen molar-refractivity contribution in [3.05, 3.63) is 57.4 Å². The fraction of sp³-hybridized carbons (Fsp3) is 0. The number of carbonyl (C=O) groups excluding carboxylic acids is 1. The van der Waals surface area contributed by atoms with E-state index in [1.165, 1.54) is 12.3 Å². The van der Waals surface area contributed by atoms with Crippen molar-refractivity contribution in [3.63, 3.8) is 0 Å². The van der Waals surface area contributed by atoms with Crippen LogP contribution in [0.15, 0.2) is 41.0 Å². The zero-order valence-corrected chi connectivity index (χ0v) is 13.8. The van der Waals surface area contributed by atoms with Gasteiger partial charge in [0.1, 0.15) is 10.8 Å². The van der Waals surface area contributed by atoms with Gasteiger partial charge in [-0.05, 0) is 24.3 Å². The van der Waals surface area contributed by atoms with Crippen molar-refractivity contribution in [1.29, 1.82) is 0 Å². The van der Waals surface area contributed by atoms with Gasteiger partial charge in [-0.3, -0.25) is 4.79 Å². The fourth-order valence-corrected chi connectivity index (χ4v) is 2.68. The van der Waals surface area contributed by atoms with E-state index < -0.39 is 11.9 Å². The molecule has 0 aliphatic rings. The van der Waals surface area contributed by atoms with Crippen LogP contribution in [0.25, 0.3) is 10.9 Å². The largest absolute Gasteiger partial charge is 0.478 e. The molecular weight excluding hydrogens is 386 g/mol. The number of rotatable bonds is 3. The second-order valence-corrected chi connectivity index (χ2v) is 6.00. The Hall–Kier alpha value is -2.38. The third-order valence-corrected chi connectivity index (χ3v) is 3.90. The SMILES string of the molecule is O=C(Nc1ccc(Cl)nc1)c1[nH]c2cc(Br)ccc2c1C(=O)O. The molecular formula is C15H9BrClN3O3. The minimum atomic E-state index is -1.18. The number of halogens is 2. The lowest BCUT2D eigenvalue weighted by molar-refractivity contribution is 0.0694. The van der Waals surface area contributed by atoms with Crippen molar-refractivity contribution in [2.24, 2.45) is 0 Å².